The molecule has 0 amide bonds. The Bertz CT molecular complexity index is 696. The van der Waals surface area contributed by atoms with E-state index in [0.29, 0.717) is 0 Å². The maximum absolute atomic E-state index is 11.2. The monoisotopic (exact) mass is 310 g/mol. The molecule has 0 atom stereocenters. The van der Waals surface area contributed by atoms with Crippen LogP contribution in [0.1, 0.15) is 62.4 Å². The van der Waals surface area contributed by atoms with Crippen molar-refractivity contribution < 1.29 is 9.59 Å². The van der Waals surface area contributed by atoms with E-state index in [-0.39, 0.29) is 11.6 Å². The quantitative estimate of drug-likeness (QED) is 0.703. The summed E-state index contributed by atoms with van der Waals surface area (Å²) in [4.78, 5) is 22.1. The molecule has 0 spiro atoms. The van der Waals surface area contributed by atoms with Crippen molar-refractivity contribution in [3.63, 3.8) is 0 Å². The second-order valence-electron chi connectivity index (χ2n) is 6.26. The highest BCUT2D eigenvalue weighted by Gasteiger charge is 2.07. The van der Waals surface area contributed by atoms with Crippen LogP contribution in [0.5, 0.6) is 0 Å². The SMILES string of the molecule is CC(=O)c1c(C)cc(C)cc1C.CC(=O)c1cc(C)cc(C)c1. The molecule has 0 aliphatic heterocycles. The van der Waals surface area contributed by atoms with Crippen LogP contribution in [0.4, 0.5) is 0 Å². The molecule has 0 saturated carbocycles. The molecule has 2 heteroatoms. The molecule has 0 N–H and O–H groups in total. The van der Waals surface area contributed by atoms with Gasteiger partial charge in [0.15, 0.2) is 11.6 Å². The summed E-state index contributed by atoms with van der Waals surface area (Å²) in [5.74, 6) is 0.293. The standard InChI is InChI=1S/C11H14O.C10H12O/c1-7-5-8(2)11(10(4)12)9(3)6-7;1-7-4-8(2)6-10(5-7)9(3)11/h5-6H,1-4H3;4-6H,1-3H3. The lowest BCUT2D eigenvalue weighted by Gasteiger charge is -2.07. The van der Waals surface area contributed by atoms with Crippen molar-refractivity contribution in [2.75, 3.05) is 0 Å². The summed E-state index contributed by atoms with van der Waals surface area (Å²) in [5.41, 5.74) is 7.36. The van der Waals surface area contributed by atoms with Crippen LogP contribution in [-0.4, -0.2) is 11.6 Å². The molecule has 0 aliphatic rings. The molecule has 0 aliphatic carbocycles. The molecule has 0 aromatic heterocycles. The lowest BCUT2D eigenvalue weighted by Crippen LogP contribution is -2.00. The van der Waals surface area contributed by atoms with Crippen LogP contribution >= 0.6 is 0 Å². The van der Waals surface area contributed by atoms with Crippen molar-refractivity contribution in [2.24, 2.45) is 0 Å². The number of Topliss-reactive ketones (excluding diaryl/α,β-unsaturated/α-hetero) is 2. The molecule has 0 unspecified atom stereocenters. The van der Waals surface area contributed by atoms with E-state index in [1.54, 1.807) is 13.8 Å². The molecule has 2 aromatic rings. The number of carbonyl (C=O) groups is 2. The molecule has 0 fully saturated rings. The number of hydrogen-bond acceptors (Lipinski definition) is 2. The average Bonchev–Trinajstić information content (AvgIpc) is 2.36. The first-order chi connectivity index (χ1) is 10.6. The van der Waals surface area contributed by atoms with Gasteiger partial charge in [-0.15, -0.1) is 0 Å². The molecule has 2 nitrogen and oxygen atoms in total. The number of aryl methyl sites for hydroxylation is 5. The molecule has 2 rings (SSSR count). The zero-order valence-electron chi connectivity index (χ0n) is 15.2. The maximum Gasteiger partial charge on any atom is 0.160 e. The summed E-state index contributed by atoms with van der Waals surface area (Å²) in [5, 5.41) is 0. The van der Waals surface area contributed by atoms with Gasteiger partial charge in [-0.05, 0) is 71.7 Å². The molecule has 23 heavy (non-hydrogen) atoms. The highest BCUT2D eigenvalue weighted by molar-refractivity contribution is 5.97. The summed E-state index contributed by atoms with van der Waals surface area (Å²) in [7, 11) is 0. The van der Waals surface area contributed by atoms with Crippen LogP contribution in [0.15, 0.2) is 30.3 Å². The summed E-state index contributed by atoms with van der Waals surface area (Å²) < 4.78 is 0. The van der Waals surface area contributed by atoms with Gasteiger partial charge in [-0.2, -0.15) is 0 Å². The first-order valence-electron chi connectivity index (χ1n) is 7.79. The molecular formula is C21H26O2. The van der Waals surface area contributed by atoms with E-state index in [4.69, 9.17) is 0 Å². The van der Waals surface area contributed by atoms with Gasteiger partial charge >= 0.3 is 0 Å². The van der Waals surface area contributed by atoms with Crippen LogP contribution in [0.25, 0.3) is 0 Å². The highest BCUT2D eigenvalue weighted by atomic mass is 16.1. The Morgan fingerprint density at radius 3 is 1.35 bits per heavy atom. The number of carbonyl (C=O) groups excluding carboxylic acids is 2. The molecule has 0 radical (unpaired) electrons. The van der Waals surface area contributed by atoms with Crippen LogP contribution in [-0.2, 0) is 0 Å². The fraction of sp³-hybridized carbons (Fsp3) is 0.333. The predicted molar refractivity (Wildman–Crippen MR) is 96.6 cm³/mol. The van der Waals surface area contributed by atoms with Crippen LogP contribution in [0.3, 0.4) is 0 Å². The van der Waals surface area contributed by atoms with Crippen molar-refractivity contribution in [1.29, 1.82) is 0 Å². The summed E-state index contributed by atoms with van der Waals surface area (Å²) in [6.45, 7) is 13.2. The normalized spacial score (nSPS) is 9.87. The van der Waals surface area contributed by atoms with Gasteiger partial charge in [-0.3, -0.25) is 9.59 Å². The highest BCUT2D eigenvalue weighted by Crippen LogP contribution is 2.16. The molecule has 0 saturated heterocycles. The van der Waals surface area contributed by atoms with E-state index >= 15 is 0 Å². The predicted octanol–water partition coefficient (Wildman–Crippen LogP) is 5.32. The Morgan fingerprint density at radius 2 is 1.00 bits per heavy atom. The summed E-state index contributed by atoms with van der Waals surface area (Å²) >= 11 is 0. The number of ketones is 2. The minimum absolute atomic E-state index is 0.136. The van der Waals surface area contributed by atoms with E-state index in [1.165, 1.54) is 5.56 Å². The van der Waals surface area contributed by atoms with E-state index in [9.17, 15) is 9.59 Å². The van der Waals surface area contributed by atoms with E-state index in [2.05, 4.69) is 6.07 Å². The van der Waals surface area contributed by atoms with Gasteiger partial charge in [0.05, 0.1) is 0 Å². The third kappa shape index (κ3) is 5.48. The van der Waals surface area contributed by atoms with Gasteiger partial charge in [-0.25, -0.2) is 0 Å². The summed E-state index contributed by atoms with van der Waals surface area (Å²) in [6.07, 6.45) is 0. The lowest BCUT2D eigenvalue weighted by atomic mass is 9.97. The van der Waals surface area contributed by atoms with Gasteiger partial charge in [0.2, 0.25) is 0 Å². The van der Waals surface area contributed by atoms with Gasteiger partial charge in [0.25, 0.3) is 0 Å². The van der Waals surface area contributed by atoms with Crippen molar-refractivity contribution in [1.82, 2.24) is 0 Å². The molecule has 2 aromatic carbocycles. The minimum atomic E-state index is 0.136. The first kappa shape index (κ1) is 18.8. The smallest absolute Gasteiger partial charge is 0.160 e. The topological polar surface area (TPSA) is 34.1 Å². The number of benzene rings is 2. The third-order valence-electron chi connectivity index (χ3n) is 3.66. The van der Waals surface area contributed by atoms with E-state index in [1.807, 2.05) is 58.9 Å². The largest absolute Gasteiger partial charge is 0.295 e. The molecular weight excluding hydrogens is 284 g/mol. The fourth-order valence-corrected chi connectivity index (χ4v) is 2.91. The fourth-order valence-electron chi connectivity index (χ4n) is 2.91. The van der Waals surface area contributed by atoms with E-state index in [0.717, 1.165) is 33.4 Å². The Balaban J connectivity index is 0.000000231. The van der Waals surface area contributed by atoms with Crippen molar-refractivity contribution in [3.05, 3.63) is 69.3 Å². The van der Waals surface area contributed by atoms with Crippen molar-refractivity contribution in [3.8, 4) is 0 Å². The van der Waals surface area contributed by atoms with Gasteiger partial charge in [0.1, 0.15) is 0 Å². The third-order valence-corrected chi connectivity index (χ3v) is 3.66. The van der Waals surface area contributed by atoms with Crippen molar-refractivity contribution in [2.45, 2.75) is 48.5 Å². The Labute approximate surface area is 139 Å². The van der Waals surface area contributed by atoms with Gasteiger partial charge in [-0.1, -0.05) is 34.9 Å². The van der Waals surface area contributed by atoms with Crippen LogP contribution in [0, 0.1) is 34.6 Å². The van der Waals surface area contributed by atoms with Gasteiger partial charge in [0, 0.05) is 11.1 Å². The second kappa shape index (κ2) is 7.87. The number of hydrogen-bond donors (Lipinski definition) is 0. The van der Waals surface area contributed by atoms with Crippen molar-refractivity contribution >= 4 is 11.6 Å². The van der Waals surface area contributed by atoms with E-state index < -0.39 is 0 Å². The van der Waals surface area contributed by atoms with Crippen LogP contribution in [0.2, 0.25) is 0 Å². The molecule has 0 bridgehead atoms. The molecule has 122 valence electrons. The lowest BCUT2D eigenvalue weighted by molar-refractivity contribution is 0.100. The number of rotatable bonds is 2. The minimum Gasteiger partial charge on any atom is -0.295 e. The average molecular weight is 310 g/mol. The van der Waals surface area contributed by atoms with Crippen LogP contribution < -0.4 is 0 Å². The summed E-state index contributed by atoms with van der Waals surface area (Å²) in [6, 6.07) is 9.98. The first-order valence-corrected chi connectivity index (χ1v) is 7.79. The van der Waals surface area contributed by atoms with Gasteiger partial charge < -0.3 is 0 Å². The Hall–Kier alpha value is -2.22. The maximum atomic E-state index is 11.2. The zero-order valence-corrected chi connectivity index (χ0v) is 15.2. The Kier molecular flexibility index (Phi) is 6.44. The zero-order chi connectivity index (χ0) is 17.7. The second-order valence-corrected chi connectivity index (χ2v) is 6.26. The Morgan fingerprint density at radius 1 is 0.609 bits per heavy atom. The molecule has 0 heterocycles.